The molecule has 0 fully saturated rings. The average Bonchev–Trinajstić information content (AvgIpc) is 2.14. The average molecular weight is 212 g/mol. The molecule has 1 rings (SSSR count). The molecule has 0 saturated heterocycles. The lowest BCUT2D eigenvalue weighted by molar-refractivity contribution is -0.385. The second kappa shape index (κ2) is 4.49. The Morgan fingerprint density at radius 2 is 2.36 bits per heavy atom. The molecule has 0 aromatic heterocycles. The minimum atomic E-state index is -0.603. The van der Waals surface area contributed by atoms with Gasteiger partial charge in [0.25, 0.3) is 0 Å². The summed E-state index contributed by atoms with van der Waals surface area (Å²) < 4.78 is 4.97. The molecule has 0 amide bonds. The molecule has 0 radical (unpaired) electrons. The highest BCUT2D eigenvalue weighted by Crippen LogP contribution is 2.33. The molecule has 0 aliphatic heterocycles. The number of hydrogen-bond donors (Lipinski definition) is 0. The molecule has 0 N–H and O–H groups in total. The monoisotopic (exact) mass is 211 g/mol. The van der Waals surface area contributed by atoms with E-state index in [0.29, 0.717) is 0 Å². The van der Waals surface area contributed by atoms with Crippen LogP contribution in [0, 0.1) is 22.5 Å². The highest BCUT2D eigenvalue weighted by Gasteiger charge is 2.19. The van der Waals surface area contributed by atoms with Crippen LogP contribution in [-0.2, 0) is 0 Å². The highest BCUT2D eigenvalue weighted by atomic mass is 35.5. The third-order valence-corrected chi connectivity index (χ3v) is 1.75. The minimum absolute atomic E-state index is 0.0266. The fourth-order valence-electron chi connectivity index (χ4n) is 0.909. The fourth-order valence-corrected chi connectivity index (χ4v) is 1.14. The first-order valence-corrected chi connectivity index (χ1v) is 4.03. The van der Waals surface area contributed by atoms with E-state index in [1.807, 2.05) is 0 Å². The third kappa shape index (κ3) is 2.15. The molecule has 14 heavy (non-hydrogen) atoms. The van der Waals surface area contributed by atoms with E-state index in [-0.39, 0.29) is 23.1 Å². The van der Waals surface area contributed by atoms with E-state index in [2.05, 4.69) is 5.92 Å². The van der Waals surface area contributed by atoms with Crippen LogP contribution in [0.2, 0.25) is 5.02 Å². The Balaban J connectivity index is 3.09. The van der Waals surface area contributed by atoms with Crippen molar-refractivity contribution in [3.63, 3.8) is 0 Å². The van der Waals surface area contributed by atoms with Crippen LogP contribution in [-0.4, -0.2) is 11.5 Å². The summed E-state index contributed by atoms with van der Waals surface area (Å²) in [5, 5.41) is 10.6. The van der Waals surface area contributed by atoms with Gasteiger partial charge in [0.2, 0.25) is 0 Å². The highest BCUT2D eigenvalue weighted by molar-refractivity contribution is 6.32. The van der Waals surface area contributed by atoms with Gasteiger partial charge in [-0.15, -0.1) is 6.42 Å². The van der Waals surface area contributed by atoms with E-state index < -0.39 is 4.92 Å². The number of halogens is 1. The molecule has 1 aromatic rings. The Morgan fingerprint density at radius 3 is 2.93 bits per heavy atom. The fraction of sp³-hybridized carbons (Fsp3) is 0.111. The molecule has 4 nitrogen and oxygen atoms in total. The maximum atomic E-state index is 10.6. The number of hydrogen-bond acceptors (Lipinski definition) is 3. The van der Waals surface area contributed by atoms with Crippen molar-refractivity contribution < 1.29 is 9.66 Å². The van der Waals surface area contributed by atoms with Crippen LogP contribution in [0.1, 0.15) is 0 Å². The molecular formula is C9H6ClNO3. The van der Waals surface area contributed by atoms with Gasteiger partial charge in [0.05, 0.1) is 4.92 Å². The first-order chi connectivity index (χ1) is 6.66. The number of benzene rings is 1. The molecule has 0 unspecified atom stereocenters. The van der Waals surface area contributed by atoms with Crippen molar-refractivity contribution in [3.05, 3.63) is 33.3 Å². The van der Waals surface area contributed by atoms with Gasteiger partial charge in [-0.2, -0.15) is 0 Å². The van der Waals surface area contributed by atoms with Crippen molar-refractivity contribution in [2.24, 2.45) is 0 Å². The molecule has 72 valence electrons. The molecule has 0 bridgehead atoms. The summed E-state index contributed by atoms with van der Waals surface area (Å²) in [6, 6.07) is 4.42. The maximum Gasteiger partial charge on any atom is 0.329 e. The lowest BCUT2D eigenvalue weighted by atomic mass is 10.3. The van der Waals surface area contributed by atoms with Gasteiger partial charge in [0.1, 0.15) is 11.6 Å². The zero-order valence-electron chi connectivity index (χ0n) is 7.07. The zero-order valence-corrected chi connectivity index (χ0v) is 7.82. The van der Waals surface area contributed by atoms with Gasteiger partial charge in [-0.1, -0.05) is 23.6 Å². The van der Waals surface area contributed by atoms with E-state index in [1.165, 1.54) is 12.1 Å². The largest absolute Gasteiger partial charge is 0.474 e. The molecule has 0 spiro atoms. The summed E-state index contributed by atoms with van der Waals surface area (Å²) in [5.74, 6) is 2.30. The summed E-state index contributed by atoms with van der Waals surface area (Å²) in [7, 11) is 0. The first-order valence-electron chi connectivity index (χ1n) is 3.66. The van der Waals surface area contributed by atoms with Crippen LogP contribution in [0.25, 0.3) is 0 Å². The summed E-state index contributed by atoms with van der Waals surface area (Å²) in [6.45, 7) is -0.0266. The van der Waals surface area contributed by atoms with E-state index in [9.17, 15) is 10.1 Å². The molecule has 0 saturated carbocycles. The van der Waals surface area contributed by atoms with Crippen LogP contribution in [0.4, 0.5) is 5.69 Å². The van der Waals surface area contributed by atoms with Gasteiger partial charge < -0.3 is 4.74 Å². The smallest absolute Gasteiger partial charge is 0.329 e. The van der Waals surface area contributed by atoms with Gasteiger partial charge >= 0.3 is 5.69 Å². The van der Waals surface area contributed by atoms with Crippen molar-refractivity contribution in [1.29, 1.82) is 0 Å². The summed E-state index contributed by atoms with van der Waals surface area (Å²) in [4.78, 5) is 9.99. The van der Waals surface area contributed by atoms with E-state index >= 15 is 0 Å². The molecular weight excluding hydrogens is 206 g/mol. The number of nitro benzene ring substituents is 1. The minimum Gasteiger partial charge on any atom is -0.474 e. The van der Waals surface area contributed by atoms with Crippen molar-refractivity contribution in [1.82, 2.24) is 0 Å². The summed E-state index contributed by atoms with van der Waals surface area (Å²) in [6.07, 6.45) is 4.96. The molecule has 0 atom stereocenters. The van der Waals surface area contributed by atoms with Crippen LogP contribution < -0.4 is 4.74 Å². The number of para-hydroxylation sites is 1. The van der Waals surface area contributed by atoms with Crippen LogP contribution >= 0.6 is 11.6 Å². The molecule has 0 aliphatic rings. The standard InChI is InChI=1S/C9H6ClNO3/c1-2-6-14-8-5-3-4-7(10)9(8)11(12)13/h1,3-5H,6H2. The Morgan fingerprint density at radius 1 is 1.64 bits per heavy atom. The number of nitro groups is 1. The van der Waals surface area contributed by atoms with Crippen molar-refractivity contribution in [2.75, 3.05) is 6.61 Å². The maximum absolute atomic E-state index is 10.6. The predicted octanol–water partition coefficient (Wildman–Crippen LogP) is 2.26. The Bertz CT molecular complexity index is 398. The number of terminal acetylenes is 1. The van der Waals surface area contributed by atoms with Gasteiger partial charge in [-0.3, -0.25) is 10.1 Å². The quantitative estimate of drug-likeness (QED) is 0.438. The van der Waals surface area contributed by atoms with E-state index in [0.717, 1.165) is 0 Å². The van der Waals surface area contributed by atoms with Gasteiger partial charge in [-0.25, -0.2) is 0 Å². The lowest BCUT2D eigenvalue weighted by Crippen LogP contribution is -1.98. The second-order valence-electron chi connectivity index (χ2n) is 2.34. The summed E-state index contributed by atoms with van der Waals surface area (Å²) >= 11 is 5.63. The van der Waals surface area contributed by atoms with Crippen molar-refractivity contribution in [3.8, 4) is 18.1 Å². The summed E-state index contributed by atoms with van der Waals surface area (Å²) in [5.41, 5.74) is -0.260. The number of nitrogens with zero attached hydrogens (tertiary/aromatic N) is 1. The van der Waals surface area contributed by atoms with Crippen molar-refractivity contribution in [2.45, 2.75) is 0 Å². The van der Waals surface area contributed by atoms with Crippen LogP contribution in [0.15, 0.2) is 18.2 Å². The predicted molar refractivity (Wildman–Crippen MR) is 52.4 cm³/mol. The number of rotatable bonds is 3. The lowest BCUT2D eigenvalue weighted by Gasteiger charge is -2.03. The topological polar surface area (TPSA) is 52.4 Å². The Labute approximate surface area is 85.6 Å². The van der Waals surface area contributed by atoms with E-state index in [4.69, 9.17) is 22.8 Å². The SMILES string of the molecule is C#CCOc1cccc(Cl)c1[N+](=O)[O-]. The molecule has 1 aromatic carbocycles. The van der Waals surface area contributed by atoms with Crippen molar-refractivity contribution >= 4 is 17.3 Å². The normalized spacial score (nSPS) is 9.14. The van der Waals surface area contributed by atoms with E-state index in [1.54, 1.807) is 6.07 Å². The second-order valence-corrected chi connectivity index (χ2v) is 2.74. The van der Waals surface area contributed by atoms with Crippen LogP contribution in [0.3, 0.4) is 0 Å². The third-order valence-electron chi connectivity index (χ3n) is 1.44. The van der Waals surface area contributed by atoms with Crippen LogP contribution in [0.5, 0.6) is 5.75 Å². The molecule has 5 heteroatoms. The van der Waals surface area contributed by atoms with Gasteiger partial charge in [0, 0.05) is 0 Å². The molecule has 0 aliphatic carbocycles. The van der Waals surface area contributed by atoms with Gasteiger partial charge in [-0.05, 0) is 12.1 Å². The Kier molecular flexibility index (Phi) is 3.32. The Hall–Kier alpha value is -1.73. The number of ether oxygens (including phenoxy) is 1. The van der Waals surface area contributed by atoms with Gasteiger partial charge in [0.15, 0.2) is 5.75 Å². The first kappa shape index (κ1) is 10.4. The molecule has 0 heterocycles. The zero-order chi connectivity index (χ0) is 10.6.